The summed E-state index contributed by atoms with van der Waals surface area (Å²) in [6.45, 7) is 3.76. The highest BCUT2D eigenvalue weighted by molar-refractivity contribution is 7.99. The lowest BCUT2D eigenvalue weighted by molar-refractivity contribution is -0.383. The van der Waals surface area contributed by atoms with Gasteiger partial charge in [0.2, 0.25) is 0 Å². The molecule has 0 saturated carbocycles. The van der Waals surface area contributed by atoms with Crippen molar-refractivity contribution in [3.05, 3.63) is 28.3 Å². The van der Waals surface area contributed by atoms with Crippen molar-refractivity contribution in [3.8, 4) is 0 Å². The van der Waals surface area contributed by atoms with E-state index in [1.807, 2.05) is 11.8 Å². The van der Waals surface area contributed by atoms with Crippen molar-refractivity contribution < 1.29 is 4.92 Å². The minimum absolute atomic E-state index is 0.0308. The second kappa shape index (κ2) is 6.63. The fraction of sp³-hybridized carbons (Fsp3) is 0.500. The standard InChI is InChI=1S/C12H18N4O2S/c13-10-2-1-3-11(12(10)16(17)18)14-4-5-15-6-8-19-9-7-15/h1-3,14H,4-9,13H2. The average Bonchev–Trinajstić information content (AvgIpc) is 2.39. The van der Waals surface area contributed by atoms with Gasteiger partial charge < -0.3 is 11.1 Å². The first-order valence-electron chi connectivity index (χ1n) is 6.25. The van der Waals surface area contributed by atoms with Crippen LogP contribution in [0.3, 0.4) is 0 Å². The number of thioether (sulfide) groups is 1. The van der Waals surface area contributed by atoms with Crippen molar-refractivity contribution in [2.24, 2.45) is 0 Å². The first kappa shape index (κ1) is 14.0. The van der Waals surface area contributed by atoms with E-state index >= 15 is 0 Å². The molecule has 1 aromatic rings. The summed E-state index contributed by atoms with van der Waals surface area (Å²) in [6.07, 6.45) is 0. The normalized spacial score (nSPS) is 16.2. The molecule has 0 radical (unpaired) electrons. The van der Waals surface area contributed by atoms with Crippen molar-refractivity contribution in [1.82, 2.24) is 4.90 Å². The van der Waals surface area contributed by atoms with Crippen LogP contribution in [0.1, 0.15) is 0 Å². The lowest BCUT2D eigenvalue weighted by Gasteiger charge is -2.26. The largest absolute Gasteiger partial charge is 0.393 e. The van der Waals surface area contributed by atoms with E-state index in [-0.39, 0.29) is 11.4 Å². The molecular weight excluding hydrogens is 264 g/mol. The third-order valence-corrected chi connectivity index (χ3v) is 4.04. The van der Waals surface area contributed by atoms with Crippen molar-refractivity contribution in [2.45, 2.75) is 0 Å². The molecule has 19 heavy (non-hydrogen) atoms. The highest BCUT2D eigenvalue weighted by Gasteiger charge is 2.17. The quantitative estimate of drug-likeness (QED) is 0.485. The van der Waals surface area contributed by atoms with Crippen LogP contribution in [0, 0.1) is 10.1 Å². The van der Waals surface area contributed by atoms with Gasteiger partial charge in [0.1, 0.15) is 11.4 Å². The van der Waals surface area contributed by atoms with Crippen LogP contribution in [-0.2, 0) is 0 Å². The summed E-state index contributed by atoms with van der Waals surface area (Å²) in [5.41, 5.74) is 6.31. The van der Waals surface area contributed by atoms with E-state index in [2.05, 4.69) is 10.2 Å². The van der Waals surface area contributed by atoms with Crippen molar-refractivity contribution >= 4 is 28.8 Å². The molecule has 6 nitrogen and oxygen atoms in total. The minimum Gasteiger partial charge on any atom is -0.393 e. The maximum absolute atomic E-state index is 11.0. The molecule has 3 N–H and O–H groups in total. The second-order valence-electron chi connectivity index (χ2n) is 4.38. The summed E-state index contributed by atoms with van der Waals surface area (Å²) in [5.74, 6) is 2.33. The van der Waals surface area contributed by atoms with Gasteiger partial charge in [-0.1, -0.05) is 6.07 Å². The molecule has 1 aliphatic rings. The number of hydrogen-bond acceptors (Lipinski definition) is 6. The van der Waals surface area contributed by atoms with Crippen molar-refractivity contribution in [2.75, 3.05) is 48.7 Å². The van der Waals surface area contributed by atoms with Crippen LogP contribution in [0.5, 0.6) is 0 Å². The van der Waals surface area contributed by atoms with Gasteiger partial charge in [-0.15, -0.1) is 0 Å². The van der Waals surface area contributed by atoms with Crippen LogP contribution in [-0.4, -0.2) is 47.5 Å². The summed E-state index contributed by atoms with van der Waals surface area (Å²) < 4.78 is 0. The lowest BCUT2D eigenvalue weighted by Crippen LogP contribution is -2.36. The molecule has 1 saturated heterocycles. The monoisotopic (exact) mass is 282 g/mol. The van der Waals surface area contributed by atoms with E-state index in [1.54, 1.807) is 18.2 Å². The van der Waals surface area contributed by atoms with E-state index in [0.717, 1.165) is 19.6 Å². The molecule has 0 atom stereocenters. The fourth-order valence-corrected chi connectivity index (χ4v) is 3.06. The maximum atomic E-state index is 11.0. The number of anilines is 2. The number of nitrogens with one attached hydrogen (secondary N) is 1. The van der Waals surface area contributed by atoms with Gasteiger partial charge in [0.05, 0.1) is 4.92 Å². The number of nitrogen functional groups attached to an aromatic ring is 1. The van der Waals surface area contributed by atoms with Crippen LogP contribution in [0.15, 0.2) is 18.2 Å². The Balaban J connectivity index is 1.92. The predicted molar refractivity (Wildman–Crippen MR) is 79.8 cm³/mol. The molecule has 1 aliphatic heterocycles. The number of nitrogens with two attached hydrogens (primary N) is 1. The Kier molecular flexibility index (Phi) is 4.86. The number of nitrogens with zero attached hydrogens (tertiary/aromatic N) is 2. The van der Waals surface area contributed by atoms with E-state index in [4.69, 9.17) is 5.73 Å². The van der Waals surface area contributed by atoms with Gasteiger partial charge in [0.15, 0.2) is 0 Å². The first-order chi connectivity index (χ1) is 9.18. The van der Waals surface area contributed by atoms with Crippen LogP contribution in [0.2, 0.25) is 0 Å². The molecule has 1 fully saturated rings. The summed E-state index contributed by atoms with van der Waals surface area (Å²) >= 11 is 1.97. The Labute approximate surface area is 116 Å². The van der Waals surface area contributed by atoms with E-state index in [1.165, 1.54) is 11.5 Å². The minimum atomic E-state index is -0.435. The molecule has 2 rings (SSSR count). The zero-order valence-corrected chi connectivity index (χ0v) is 11.5. The Morgan fingerprint density at radius 1 is 1.42 bits per heavy atom. The van der Waals surface area contributed by atoms with Crippen LogP contribution in [0.4, 0.5) is 17.1 Å². The Morgan fingerprint density at radius 2 is 2.16 bits per heavy atom. The fourth-order valence-electron chi connectivity index (χ4n) is 2.08. The molecule has 1 heterocycles. The molecule has 0 spiro atoms. The van der Waals surface area contributed by atoms with Gasteiger partial charge in [0, 0.05) is 37.7 Å². The third kappa shape index (κ3) is 3.74. The zero-order chi connectivity index (χ0) is 13.7. The van der Waals surface area contributed by atoms with Gasteiger partial charge >= 0.3 is 5.69 Å². The van der Waals surface area contributed by atoms with E-state index < -0.39 is 4.92 Å². The second-order valence-corrected chi connectivity index (χ2v) is 5.61. The number of para-hydroxylation sites is 1. The summed E-state index contributed by atoms with van der Waals surface area (Å²) in [4.78, 5) is 12.9. The smallest absolute Gasteiger partial charge is 0.314 e. The lowest BCUT2D eigenvalue weighted by atomic mass is 10.2. The molecule has 104 valence electrons. The maximum Gasteiger partial charge on any atom is 0.314 e. The number of nitro groups is 1. The Hall–Kier alpha value is -1.47. The highest BCUT2D eigenvalue weighted by Crippen LogP contribution is 2.30. The van der Waals surface area contributed by atoms with Gasteiger partial charge in [0.25, 0.3) is 0 Å². The van der Waals surface area contributed by atoms with E-state index in [0.29, 0.717) is 12.2 Å². The van der Waals surface area contributed by atoms with Crippen molar-refractivity contribution in [3.63, 3.8) is 0 Å². The highest BCUT2D eigenvalue weighted by atomic mass is 32.2. The Morgan fingerprint density at radius 3 is 2.84 bits per heavy atom. The molecule has 0 aromatic heterocycles. The van der Waals surface area contributed by atoms with Gasteiger partial charge in [-0.3, -0.25) is 15.0 Å². The topological polar surface area (TPSA) is 84.4 Å². The molecule has 0 aliphatic carbocycles. The summed E-state index contributed by atoms with van der Waals surface area (Å²) in [7, 11) is 0. The van der Waals surface area contributed by atoms with Crippen LogP contribution in [0.25, 0.3) is 0 Å². The first-order valence-corrected chi connectivity index (χ1v) is 7.41. The molecule has 7 heteroatoms. The molecule has 0 unspecified atom stereocenters. The molecule has 0 bridgehead atoms. The SMILES string of the molecule is Nc1cccc(NCCN2CCSCC2)c1[N+](=O)[O-]. The zero-order valence-electron chi connectivity index (χ0n) is 10.7. The number of rotatable bonds is 5. The summed E-state index contributed by atoms with van der Waals surface area (Å²) in [5, 5.41) is 14.1. The van der Waals surface area contributed by atoms with Crippen LogP contribution >= 0.6 is 11.8 Å². The molecule has 1 aromatic carbocycles. The van der Waals surface area contributed by atoms with Gasteiger partial charge in [-0.05, 0) is 12.1 Å². The van der Waals surface area contributed by atoms with Crippen molar-refractivity contribution in [1.29, 1.82) is 0 Å². The third-order valence-electron chi connectivity index (χ3n) is 3.10. The average molecular weight is 282 g/mol. The summed E-state index contributed by atoms with van der Waals surface area (Å²) in [6, 6.07) is 4.97. The molecular formula is C12H18N4O2S. The molecule has 0 amide bonds. The van der Waals surface area contributed by atoms with E-state index in [9.17, 15) is 10.1 Å². The predicted octanol–water partition coefficient (Wildman–Crippen LogP) is 1.64. The Bertz CT molecular complexity index is 449. The van der Waals surface area contributed by atoms with Crippen LogP contribution < -0.4 is 11.1 Å². The van der Waals surface area contributed by atoms with Gasteiger partial charge in [-0.2, -0.15) is 11.8 Å². The number of benzene rings is 1. The number of hydrogen-bond donors (Lipinski definition) is 2. The number of nitro benzene ring substituents is 1. The van der Waals surface area contributed by atoms with Gasteiger partial charge in [-0.25, -0.2) is 0 Å².